The zero-order valence-electron chi connectivity index (χ0n) is 16.8. The third-order valence-corrected chi connectivity index (χ3v) is 6.79. The number of fused-ring (bicyclic) bond motifs is 3. The van der Waals surface area contributed by atoms with Gasteiger partial charge >= 0.3 is 0 Å². The first kappa shape index (κ1) is 19.2. The zero-order valence-corrected chi connectivity index (χ0v) is 16.8. The van der Waals surface area contributed by atoms with Crippen molar-refractivity contribution in [3.8, 4) is 5.75 Å². The summed E-state index contributed by atoms with van der Waals surface area (Å²) in [6.07, 6.45) is 4.19. The Kier molecular flexibility index (Phi) is 5.08. The van der Waals surface area contributed by atoms with E-state index in [0.29, 0.717) is 37.5 Å². The van der Waals surface area contributed by atoms with E-state index < -0.39 is 5.72 Å². The molecule has 0 unspecified atom stereocenters. The van der Waals surface area contributed by atoms with Gasteiger partial charge in [0.05, 0.1) is 5.56 Å². The molecule has 1 aromatic rings. The highest BCUT2D eigenvalue weighted by Crippen LogP contribution is 2.58. The minimum absolute atomic E-state index is 0.0401. The van der Waals surface area contributed by atoms with E-state index in [0.717, 1.165) is 25.7 Å². The summed E-state index contributed by atoms with van der Waals surface area (Å²) in [5.74, 6) is 0.808. The van der Waals surface area contributed by atoms with Gasteiger partial charge in [-0.2, -0.15) is 0 Å². The highest BCUT2D eigenvalue weighted by atomic mass is 16.5. The summed E-state index contributed by atoms with van der Waals surface area (Å²) in [7, 11) is 0. The molecule has 2 amide bonds. The number of ether oxygens (including phenoxy) is 2. The van der Waals surface area contributed by atoms with Crippen LogP contribution in [-0.4, -0.2) is 37.3 Å². The van der Waals surface area contributed by atoms with E-state index in [1.54, 1.807) is 6.07 Å². The topological polar surface area (TPSA) is 76.7 Å². The fourth-order valence-electron chi connectivity index (χ4n) is 5.31. The van der Waals surface area contributed by atoms with Crippen LogP contribution in [0, 0.1) is 17.3 Å². The highest BCUT2D eigenvalue weighted by molar-refractivity contribution is 5.98. The molecule has 1 aliphatic heterocycles. The van der Waals surface area contributed by atoms with Crippen molar-refractivity contribution >= 4 is 11.8 Å². The van der Waals surface area contributed by atoms with E-state index in [-0.39, 0.29) is 29.1 Å². The molecular formula is C22H30N2O4. The molecule has 3 aliphatic carbocycles. The van der Waals surface area contributed by atoms with Crippen LogP contribution in [0.3, 0.4) is 0 Å². The van der Waals surface area contributed by atoms with Crippen LogP contribution in [0.4, 0.5) is 0 Å². The van der Waals surface area contributed by atoms with Crippen molar-refractivity contribution in [3.63, 3.8) is 0 Å². The largest absolute Gasteiger partial charge is 0.467 e. The molecule has 2 bridgehead atoms. The minimum atomic E-state index is -0.690. The maximum atomic E-state index is 12.9. The summed E-state index contributed by atoms with van der Waals surface area (Å²) in [6, 6.07) is 7.40. The Labute approximate surface area is 166 Å². The smallest absolute Gasteiger partial charge is 0.258 e. The van der Waals surface area contributed by atoms with Gasteiger partial charge in [0.25, 0.3) is 5.91 Å². The lowest BCUT2D eigenvalue weighted by atomic mass is 9.52. The van der Waals surface area contributed by atoms with Gasteiger partial charge in [-0.25, -0.2) is 0 Å². The van der Waals surface area contributed by atoms with Crippen molar-refractivity contribution in [1.29, 1.82) is 0 Å². The number of rotatable bonds is 6. The molecule has 3 saturated carbocycles. The molecule has 5 rings (SSSR count). The average Bonchev–Trinajstić information content (AvgIpc) is 2.67. The Morgan fingerprint density at radius 3 is 3.00 bits per heavy atom. The summed E-state index contributed by atoms with van der Waals surface area (Å²) in [6.45, 7) is 6.15. The van der Waals surface area contributed by atoms with Gasteiger partial charge in [0, 0.05) is 38.0 Å². The van der Waals surface area contributed by atoms with Gasteiger partial charge in [0.1, 0.15) is 5.75 Å². The van der Waals surface area contributed by atoms with Crippen molar-refractivity contribution in [2.75, 3.05) is 19.8 Å². The summed E-state index contributed by atoms with van der Waals surface area (Å²) >= 11 is 0. The number of benzene rings is 1. The molecule has 0 radical (unpaired) electrons. The predicted octanol–water partition coefficient (Wildman–Crippen LogP) is 2.87. The first-order valence-corrected chi connectivity index (χ1v) is 10.4. The van der Waals surface area contributed by atoms with E-state index in [4.69, 9.17) is 9.47 Å². The quantitative estimate of drug-likeness (QED) is 0.737. The fraction of sp³-hybridized carbons (Fsp3) is 0.636. The highest BCUT2D eigenvalue weighted by Gasteiger charge is 2.61. The van der Waals surface area contributed by atoms with E-state index in [1.807, 2.05) is 25.1 Å². The molecule has 28 heavy (non-hydrogen) atoms. The molecular weight excluding hydrogens is 356 g/mol. The standard InChI is InChI=1S/C22H30N2O4/c1-3-27-12-6-11-23-20(26)17-13-15-9-10-21(17,2)14-22(15)24-19(25)16-7-4-5-8-18(16)28-22/h4-5,7-8,15,17H,3,6,9-14H2,1-2H3,(H,23,26)(H,24,25)/t15-,17+,21-,22+/m1/s1. The predicted molar refractivity (Wildman–Crippen MR) is 105 cm³/mol. The van der Waals surface area contributed by atoms with Crippen molar-refractivity contribution in [1.82, 2.24) is 10.6 Å². The molecule has 1 aromatic carbocycles. The molecule has 0 saturated heterocycles. The van der Waals surface area contributed by atoms with E-state index in [2.05, 4.69) is 17.6 Å². The third kappa shape index (κ3) is 3.28. The lowest BCUT2D eigenvalue weighted by Crippen LogP contribution is -2.69. The van der Waals surface area contributed by atoms with Crippen molar-refractivity contribution in [2.45, 2.75) is 51.7 Å². The van der Waals surface area contributed by atoms with Gasteiger partial charge in [0.15, 0.2) is 5.72 Å². The van der Waals surface area contributed by atoms with Crippen LogP contribution in [0.1, 0.15) is 56.3 Å². The van der Waals surface area contributed by atoms with Crippen LogP contribution < -0.4 is 15.4 Å². The fourth-order valence-corrected chi connectivity index (χ4v) is 5.31. The first-order chi connectivity index (χ1) is 13.5. The van der Waals surface area contributed by atoms with Crippen LogP contribution in [0.25, 0.3) is 0 Å². The zero-order chi connectivity index (χ0) is 19.8. The number of hydrogen-bond donors (Lipinski definition) is 2. The number of carbonyl (C=O) groups excluding carboxylic acids is 2. The van der Waals surface area contributed by atoms with Crippen LogP contribution in [0.2, 0.25) is 0 Å². The summed E-state index contributed by atoms with van der Waals surface area (Å²) in [5, 5.41) is 6.25. The van der Waals surface area contributed by atoms with Gasteiger partial charge in [-0.1, -0.05) is 19.1 Å². The molecule has 2 N–H and O–H groups in total. The molecule has 152 valence electrons. The van der Waals surface area contributed by atoms with Gasteiger partial charge < -0.3 is 20.1 Å². The van der Waals surface area contributed by atoms with Crippen LogP contribution in [-0.2, 0) is 9.53 Å². The Morgan fingerprint density at radius 2 is 2.21 bits per heavy atom. The van der Waals surface area contributed by atoms with Gasteiger partial charge in [0.2, 0.25) is 5.91 Å². The minimum Gasteiger partial charge on any atom is -0.467 e. The molecule has 1 spiro atoms. The first-order valence-electron chi connectivity index (χ1n) is 10.4. The Morgan fingerprint density at radius 1 is 1.39 bits per heavy atom. The van der Waals surface area contributed by atoms with Gasteiger partial charge in [-0.05, 0) is 50.2 Å². The Bertz CT molecular complexity index is 767. The molecule has 4 atom stereocenters. The van der Waals surface area contributed by atoms with Gasteiger partial charge in [-0.15, -0.1) is 0 Å². The van der Waals surface area contributed by atoms with E-state index in [1.165, 1.54) is 0 Å². The van der Waals surface area contributed by atoms with E-state index >= 15 is 0 Å². The molecule has 6 nitrogen and oxygen atoms in total. The Hall–Kier alpha value is -2.08. The van der Waals surface area contributed by atoms with Crippen molar-refractivity contribution in [2.24, 2.45) is 17.3 Å². The number of para-hydroxylation sites is 1. The summed E-state index contributed by atoms with van der Waals surface area (Å²) in [5.41, 5.74) is -0.286. The number of nitrogens with one attached hydrogen (secondary N) is 2. The third-order valence-electron chi connectivity index (χ3n) is 6.79. The molecule has 3 fully saturated rings. The average molecular weight is 386 g/mol. The SMILES string of the molecule is CCOCCCNC(=O)[C@@H]1C[C@H]2CC[C@]1(C)C[C@@]21NC(=O)c2ccccc2O1. The second-order valence-electron chi connectivity index (χ2n) is 8.64. The number of carbonyl (C=O) groups is 2. The lowest BCUT2D eigenvalue weighted by Gasteiger charge is -2.59. The van der Waals surface area contributed by atoms with Crippen LogP contribution in [0.5, 0.6) is 5.75 Å². The second kappa shape index (κ2) is 7.39. The second-order valence-corrected chi connectivity index (χ2v) is 8.64. The van der Waals surface area contributed by atoms with Gasteiger partial charge in [-0.3, -0.25) is 9.59 Å². The molecule has 0 aromatic heterocycles. The summed E-state index contributed by atoms with van der Waals surface area (Å²) < 4.78 is 11.7. The van der Waals surface area contributed by atoms with Crippen LogP contribution in [0.15, 0.2) is 24.3 Å². The maximum Gasteiger partial charge on any atom is 0.258 e. The molecule has 1 heterocycles. The van der Waals surface area contributed by atoms with Crippen molar-refractivity contribution in [3.05, 3.63) is 29.8 Å². The molecule has 6 heteroatoms. The lowest BCUT2D eigenvalue weighted by molar-refractivity contribution is -0.167. The van der Waals surface area contributed by atoms with Crippen LogP contribution >= 0.6 is 0 Å². The maximum absolute atomic E-state index is 12.9. The Balaban J connectivity index is 1.46. The molecule has 4 aliphatic rings. The van der Waals surface area contributed by atoms with E-state index in [9.17, 15) is 9.59 Å². The van der Waals surface area contributed by atoms with Crippen molar-refractivity contribution < 1.29 is 19.1 Å². The normalized spacial score (nSPS) is 33.1. The monoisotopic (exact) mass is 386 g/mol. The number of amides is 2. The number of hydrogen-bond acceptors (Lipinski definition) is 4. The summed E-state index contributed by atoms with van der Waals surface area (Å²) in [4.78, 5) is 25.6.